The van der Waals surface area contributed by atoms with Gasteiger partial charge in [-0.05, 0) is 42.9 Å². The number of benzene rings is 2. The lowest BCUT2D eigenvalue weighted by Crippen LogP contribution is -2.37. The molecule has 6 nitrogen and oxygen atoms in total. The second kappa shape index (κ2) is 8.73. The van der Waals surface area contributed by atoms with Crippen molar-refractivity contribution in [2.75, 3.05) is 33.3 Å². The van der Waals surface area contributed by atoms with Crippen LogP contribution >= 0.6 is 11.6 Å². The maximum atomic E-state index is 13.5. The molecule has 2 heterocycles. The highest BCUT2D eigenvalue weighted by Crippen LogP contribution is 2.38. The SMILES string of the molecule is CCN(CC)CCN1C(=O)c2oc3cc(OC)ccc3c(=O)c2[C@@H]1c1ccc(Cl)cc1. The van der Waals surface area contributed by atoms with Gasteiger partial charge in [0.15, 0.2) is 5.43 Å². The van der Waals surface area contributed by atoms with Gasteiger partial charge in [-0.3, -0.25) is 9.59 Å². The highest BCUT2D eigenvalue weighted by Gasteiger charge is 2.42. The zero-order chi connectivity index (χ0) is 22.1. The average Bonchev–Trinajstić information content (AvgIpc) is 3.06. The van der Waals surface area contributed by atoms with Gasteiger partial charge in [0.2, 0.25) is 5.76 Å². The van der Waals surface area contributed by atoms with E-state index in [1.165, 1.54) is 0 Å². The van der Waals surface area contributed by atoms with Crippen molar-refractivity contribution >= 4 is 28.5 Å². The van der Waals surface area contributed by atoms with E-state index >= 15 is 0 Å². The minimum Gasteiger partial charge on any atom is -0.497 e. The Hall–Kier alpha value is -2.83. The van der Waals surface area contributed by atoms with Crippen molar-refractivity contribution in [1.82, 2.24) is 9.80 Å². The van der Waals surface area contributed by atoms with Crippen molar-refractivity contribution in [1.29, 1.82) is 0 Å². The van der Waals surface area contributed by atoms with Crippen molar-refractivity contribution in [2.45, 2.75) is 19.9 Å². The van der Waals surface area contributed by atoms with Gasteiger partial charge in [-0.2, -0.15) is 0 Å². The second-order valence-corrected chi connectivity index (χ2v) is 7.95. The summed E-state index contributed by atoms with van der Waals surface area (Å²) in [5.74, 6) is 0.392. The van der Waals surface area contributed by atoms with E-state index in [9.17, 15) is 9.59 Å². The molecule has 0 N–H and O–H groups in total. The summed E-state index contributed by atoms with van der Waals surface area (Å²) in [7, 11) is 1.54. The van der Waals surface area contributed by atoms with Crippen LogP contribution in [0.5, 0.6) is 5.75 Å². The molecular formula is C24H25ClN2O4. The van der Waals surface area contributed by atoms with Crippen LogP contribution in [0.2, 0.25) is 5.02 Å². The lowest BCUT2D eigenvalue weighted by atomic mass is 9.98. The summed E-state index contributed by atoms with van der Waals surface area (Å²) < 4.78 is 11.2. The number of nitrogens with zero attached hydrogens (tertiary/aromatic N) is 2. The summed E-state index contributed by atoms with van der Waals surface area (Å²) in [4.78, 5) is 30.9. The fourth-order valence-electron chi connectivity index (χ4n) is 4.14. The Labute approximate surface area is 186 Å². The molecule has 1 amide bonds. The lowest BCUT2D eigenvalue weighted by Gasteiger charge is -2.28. The van der Waals surface area contributed by atoms with E-state index in [2.05, 4.69) is 18.7 Å². The van der Waals surface area contributed by atoms with Crippen LogP contribution in [0, 0.1) is 0 Å². The van der Waals surface area contributed by atoms with Crippen molar-refractivity contribution in [2.24, 2.45) is 0 Å². The number of halogens is 1. The average molecular weight is 441 g/mol. The summed E-state index contributed by atoms with van der Waals surface area (Å²) in [5, 5.41) is 1.03. The largest absolute Gasteiger partial charge is 0.497 e. The highest BCUT2D eigenvalue weighted by molar-refractivity contribution is 6.30. The molecule has 31 heavy (non-hydrogen) atoms. The molecule has 1 aromatic heterocycles. The molecule has 1 atom stereocenters. The highest BCUT2D eigenvalue weighted by atomic mass is 35.5. The molecule has 0 bridgehead atoms. The molecule has 7 heteroatoms. The van der Waals surface area contributed by atoms with Crippen LogP contribution in [0.3, 0.4) is 0 Å². The van der Waals surface area contributed by atoms with Crippen LogP contribution in [0.15, 0.2) is 51.7 Å². The van der Waals surface area contributed by atoms with E-state index in [0.29, 0.717) is 40.4 Å². The number of methoxy groups -OCH3 is 1. The number of hydrogen-bond donors (Lipinski definition) is 0. The van der Waals surface area contributed by atoms with Gasteiger partial charge in [0.25, 0.3) is 5.91 Å². The topological polar surface area (TPSA) is 63.0 Å². The third-order valence-electron chi connectivity index (χ3n) is 5.91. The summed E-state index contributed by atoms with van der Waals surface area (Å²) in [6.07, 6.45) is 0. The number of ether oxygens (including phenoxy) is 1. The van der Waals surface area contributed by atoms with Crippen molar-refractivity contribution in [3.63, 3.8) is 0 Å². The van der Waals surface area contributed by atoms with Gasteiger partial charge in [-0.15, -0.1) is 0 Å². The van der Waals surface area contributed by atoms with Gasteiger partial charge in [0, 0.05) is 24.2 Å². The molecule has 0 aliphatic carbocycles. The summed E-state index contributed by atoms with van der Waals surface area (Å²) in [6.45, 7) is 7.14. The van der Waals surface area contributed by atoms with Gasteiger partial charge in [0.05, 0.1) is 24.1 Å². The first-order valence-electron chi connectivity index (χ1n) is 10.4. The van der Waals surface area contributed by atoms with E-state index in [1.54, 1.807) is 42.3 Å². The predicted octanol–water partition coefficient (Wildman–Crippen LogP) is 4.34. The molecule has 0 unspecified atom stereocenters. The standard InChI is InChI=1S/C24H25ClN2O4/c1-4-26(5-2)12-13-27-21(15-6-8-16(25)9-7-15)20-22(28)18-11-10-17(30-3)14-19(18)31-23(20)24(27)29/h6-11,14,21H,4-5,12-13H2,1-3H3/t21-/m0/s1. The normalized spacial score (nSPS) is 15.7. The first-order valence-corrected chi connectivity index (χ1v) is 10.8. The third kappa shape index (κ3) is 3.82. The minimum atomic E-state index is -0.516. The Morgan fingerprint density at radius 2 is 1.81 bits per heavy atom. The third-order valence-corrected chi connectivity index (χ3v) is 6.16. The van der Waals surface area contributed by atoms with E-state index in [0.717, 1.165) is 18.7 Å². The molecule has 0 radical (unpaired) electrons. The molecule has 4 rings (SSSR count). The van der Waals surface area contributed by atoms with Crippen molar-refractivity contribution in [3.05, 3.63) is 74.6 Å². The molecule has 0 saturated carbocycles. The number of likely N-dealkylation sites (N-methyl/N-ethyl adjacent to an activating group) is 1. The van der Waals surface area contributed by atoms with E-state index in [-0.39, 0.29) is 17.1 Å². The van der Waals surface area contributed by atoms with Crippen LogP contribution in [0.25, 0.3) is 11.0 Å². The smallest absolute Gasteiger partial charge is 0.290 e. The fraction of sp³-hybridized carbons (Fsp3) is 0.333. The molecule has 1 aliphatic heterocycles. The first-order chi connectivity index (χ1) is 15.0. The maximum absolute atomic E-state index is 13.5. The second-order valence-electron chi connectivity index (χ2n) is 7.52. The van der Waals surface area contributed by atoms with Crippen LogP contribution in [0.4, 0.5) is 0 Å². The number of amides is 1. The molecule has 3 aromatic rings. The van der Waals surface area contributed by atoms with E-state index in [1.807, 2.05) is 12.1 Å². The van der Waals surface area contributed by atoms with Gasteiger partial charge >= 0.3 is 0 Å². The number of fused-ring (bicyclic) bond motifs is 2. The molecule has 0 spiro atoms. The Morgan fingerprint density at radius 1 is 1.10 bits per heavy atom. The molecule has 0 fully saturated rings. The molecule has 1 aliphatic rings. The minimum absolute atomic E-state index is 0.102. The Kier molecular flexibility index (Phi) is 6.03. The number of carbonyl (C=O) groups is 1. The lowest BCUT2D eigenvalue weighted by molar-refractivity contribution is 0.0708. The zero-order valence-corrected chi connectivity index (χ0v) is 18.6. The van der Waals surface area contributed by atoms with Crippen molar-refractivity contribution in [3.8, 4) is 5.75 Å². The van der Waals surface area contributed by atoms with Gasteiger partial charge in [-0.25, -0.2) is 0 Å². The van der Waals surface area contributed by atoms with Gasteiger partial charge in [0.1, 0.15) is 11.3 Å². The van der Waals surface area contributed by atoms with Crippen LogP contribution in [0.1, 0.15) is 41.6 Å². The number of rotatable bonds is 7. The van der Waals surface area contributed by atoms with Crippen LogP contribution in [-0.4, -0.2) is 49.0 Å². The monoisotopic (exact) mass is 440 g/mol. The van der Waals surface area contributed by atoms with Crippen LogP contribution < -0.4 is 10.2 Å². The van der Waals surface area contributed by atoms with E-state index < -0.39 is 6.04 Å². The Bertz CT molecular complexity index is 1170. The number of hydrogen-bond acceptors (Lipinski definition) is 5. The molecule has 2 aromatic carbocycles. The molecule has 0 saturated heterocycles. The Balaban J connectivity index is 1.86. The summed E-state index contributed by atoms with van der Waals surface area (Å²) >= 11 is 6.08. The maximum Gasteiger partial charge on any atom is 0.290 e. The fourth-order valence-corrected chi connectivity index (χ4v) is 4.26. The predicted molar refractivity (Wildman–Crippen MR) is 121 cm³/mol. The molecule has 162 valence electrons. The van der Waals surface area contributed by atoms with Crippen molar-refractivity contribution < 1.29 is 13.9 Å². The summed E-state index contributed by atoms with van der Waals surface area (Å²) in [6, 6.07) is 11.8. The summed E-state index contributed by atoms with van der Waals surface area (Å²) in [5.41, 5.74) is 1.36. The zero-order valence-electron chi connectivity index (χ0n) is 17.9. The first kappa shape index (κ1) is 21.4. The number of carbonyl (C=O) groups excluding carboxylic acids is 1. The Morgan fingerprint density at radius 3 is 2.45 bits per heavy atom. The van der Waals surface area contributed by atoms with Gasteiger partial charge < -0.3 is 19.0 Å². The quantitative estimate of drug-likeness (QED) is 0.546. The molecular weight excluding hydrogens is 416 g/mol. The van der Waals surface area contributed by atoms with Crippen LogP contribution in [-0.2, 0) is 0 Å². The van der Waals surface area contributed by atoms with Gasteiger partial charge in [-0.1, -0.05) is 37.6 Å². The van der Waals surface area contributed by atoms with E-state index in [4.69, 9.17) is 20.8 Å².